The first-order chi connectivity index (χ1) is 10.8. The molecule has 1 aromatic carbocycles. The van der Waals surface area contributed by atoms with E-state index in [1.807, 2.05) is 0 Å². The maximum Gasteiger partial charge on any atom is 0.295 e. The van der Waals surface area contributed by atoms with Crippen LogP contribution in [-0.2, 0) is 11.3 Å². The number of imidazole rings is 1. The number of benzene rings is 1. The molecule has 0 aliphatic heterocycles. The number of hydrogen-bond donors (Lipinski definition) is 2. The van der Waals surface area contributed by atoms with Crippen molar-refractivity contribution in [1.82, 2.24) is 9.55 Å². The van der Waals surface area contributed by atoms with E-state index in [-0.39, 0.29) is 17.9 Å². The second-order valence-electron chi connectivity index (χ2n) is 4.86. The highest BCUT2D eigenvalue weighted by molar-refractivity contribution is 5.92. The lowest BCUT2D eigenvalue weighted by molar-refractivity contribution is -0.123. The van der Waals surface area contributed by atoms with Crippen molar-refractivity contribution in [2.75, 3.05) is 5.32 Å². The molecule has 1 aromatic heterocycles. The molecule has 2 N–H and O–H groups in total. The number of aromatic nitrogens is 2. The average molecular weight is 331 g/mol. The van der Waals surface area contributed by atoms with Crippen LogP contribution >= 0.6 is 0 Å². The zero-order valence-electron chi connectivity index (χ0n) is 11.9. The fourth-order valence-corrected chi connectivity index (χ4v) is 1.92. The molecule has 124 valence electrons. The van der Waals surface area contributed by atoms with Gasteiger partial charge in [0.25, 0.3) is 12.3 Å². The Balaban J connectivity index is 2.29. The third kappa shape index (κ3) is 4.28. The number of aliphatic hydroxyl groups excluding tert-OH is 1. The van der Waals surface area contributed by atoms with Crippen LogP contribution in [0.2, 0.25) is 0 Å². The highest BCUT2D eigenvalue weighted by atomic mass is 19.3. The normalized spacial score (nSPS) is 12.5. The molecule has 0 fully saturated rings. The summed E-state index contributed by atoms with van der Waals surface area (Å²) in [6, 6.07) is 2.68. The van der Waals surface area contributed by atoms with Crippen molar-refractivity contribution in [3.8, 4) is 0 Å². The first kappa shape index (κ1) is 16.9. The lowest BCUT2D eigenvalue weighted by Crippen LogP contribution is -2.24. The van der Waals surface area contributed by atoms with E-state index in [9.17, 15) is 22.4 Å². The number of alkyl halides is 2. The predicted octanol–water partition coefficient (Wildman–Crippen LogP) is 2.47. The van der Waals surface area contributed by atoms with Crippen molar-refractivity contribution in [2.45, 2.75) is 26.0 Å². The van der Waals surface area contributed by atoms with Gasteiger partial charge in [-0.15, -0.1) is 0 Å². The number of halogens is 4. The Bertz CT molecular complexity index is 696. The molecule has 0 saturated carbocycles. The number of aliphatic hydroxyl groups is 1. The van der Waals surface area contributed by atoms with Crippen LogP contribution < -0.4 is 5.32 Å². The van der Waals surface area contributed by atoms with E-state index < -0.39 is 35.9 Å². The van der Waals surface area contributed by atoms with Gasteiger partial charge in [0.2, 0.25) is 0 Å². The molecule has 0 spiro atoms. The zero-order chi connectivity index (χ0) is 17.1. The van der Waals surface area contributed by atoms with E-state index in [2.05, 4.69) is 10.3 Å². The molecule has 23 heavy (non-hydrogen) atoms. The highest BCUT2D eigenvalue weighted by Gasteiger charge is 2.19. The van der Waals surface area contributed by atoms with Gasteiger partial charge in [-0.25, -0.2) is 22.5 Å². The number of anilines is 1. The van der Waals surface area contributed by atoms with Gasteiger partial charge < -0.3 is 15.0 Å². The number of rotatable bonds is 5. The van der Waals surface area contributed by atoms with Crippen molar-refractivity contribution >= 4 is 11.7 Å². The van der Waals surface area contributed by atoms with Gasteiger partial charge in [-0.05, 0) is 24.6 Å². The standard InChI is InChI=1S/C14H13F4N3O2/c1-7(22)14(23)20-11-6-21(13(19-11)12(17)18)5-8-2-9(15)4-10(16)3-8/h2-4,6-7,12,22H,5H2,1H3,(H,20,23). The Kier molecular flexibility index (Phi) is 4.99. The summed E-state index contributed by atoms with van der Waals surface area (Å²) in [5, 5.41) is 11.2. The van der Waals surface area contributed by atoms with Crippen LogP contribution in [0.25, 0.3) is 0 Å². The Morgan fingerprint density at radius 3 is 2.43 bits per heavy atom. The SMILES string of the molecule is CC(O)C(=O)Nc1cn(Cc2cc(F)cc(F)c2)c(C(F)F)n1. The third-order valence-corrected chi connectivity index (χ3v) is 2.91. The molecule has 1 unspecified atom stereocenters. The maximum atomic E-state index is 13.2. The number of hydrogen-bond acceptors (Lipinski definition) is 3. The fraction of sp³-hybridized carbons (Fsp3) is 0.286. The summed E-state index contributed by atoms with van der Waals surface area (Å²) < 4.78 is 53.3. The molecule has 0 saturated heterocycles. The summed E-state index contributed by atoms with van der Waals surface area (Å²) >= 11 is 0. The van der Waals surface area contributed by atoms with Crippen LogP contribution in [0.4, 0.5) is 23.4 Å². The summed E-state index contributed by atoms with van der Waals surface area (Å²) in [6.45, 7) is 0.946. The number of carbonyl (C=O) groups excluding carboxylic acids is 1. The lowest BCUT2D eigenvalue weighted by Gasteiger charge is -2.07. The van der Waals surface area contributed by atoms with Gasteiger partial charge >= 0.3 is 0 Å². The minimum atomic E-state index is -2.95. The van der Waals surface area contributed by atoms with E-state index in [0.717, 1.165) is 22.9 Å². The van der Waals surface area contributed by atoms with Crippen molar-refractivity contribution in [2.24, 2.45) is 0 Å². The largest absolute Gasteiger partial charge is 0.384 e. The molecule has 0 radical (unpaired) electrons. The molecule has 2 aromatic rings. The average Bonchev–Trinajstić information content (AvgIpc) is 2.80. The predicted molar refractivity (Wildman–Crippen MR) is 73.0 cm³/mol. The van der Waals surface area contributed by atoms with Crippen LogP contribution in [0.15, 0.2) is 24.4 Å². The summed E-state index contributed by atoms with van der Waals surface area (Å²) in [5.41, 5.74) is 0.121. The number of nitrogens with one attached hydrogen (secondary N) is 1. The minimum Gasteiger partial charge on any atom is -0.384 e. The smallest absolute Gasteiger partial charge is 0.295 e. The van der Waals surface area contributed by atoms with Crippen molar-refractivity contribution < 1.29 is 27.5 Å². The van der Waals surface area contributed by atoms with Crippen molar-refractivity contribution in [3.63, 3.8) is 0 Å². The molecule has 1 heterocycles. The highest BCUT2D eigenvalue weighted by Crippen LogP contribution is 2.22. The molecular weight excluding hydrogens is 318 g/mol. The van der Waals surface area contributed by atoms with Crippen LogP contribution in [0, 0.1) is 11.6 Å². The second-order valence-corrected chi connectivity index (χ2v) is 4.86. The van der Waals surface area contributed by atoms with Gasteiger partial charge in [0, 0.05) is 18.8 Å². The number of amides is 1. The fourth-order valence-electron chi connectivity index (χ4n) is 1.92. The van der Waals surface area contributed by atoms with E-state index in [1.54, 1.807) is 0 Å². The monoisotopic (exact) mass is 331 g/mol. The van der Waals surface area contributed by atoms with Gasteiger partial charge in [0.05, 0.1) is 0 Å². The van der Waals surface area contributed by atoms with E-state index >= 15 is 0 Å². The molecule has 5 nitrogen and oxygen atoms in total. The molecule has 1 atom stereocenters. The van der Waals surface area contributed by atoms with Crippen molar-refractivity contribution in [1.29, 1.82) is 0 Å². The molecular formula is C14H13F4N3O2. The van der Waals surface area contributed by atoms with Gasteiger partial charge in [-0.3, -0.25) is 4.79 Å². The Labute approximate surface area is 128 Å². The van der Waals surface area contributed by atoms with E-state index in [0.29, 0.717) is 6.07 Å². The molecule has 2 rings (SSSR count). The van der Waals surface area contributed by atoms with Crippen LogP contribution in [0.1, 0.15) is 24.7 Å². The maximum absolute atomic E-state index is 13.2. The quantitative estimate of drug-likeness (QED) is 0.827. The zero-order valence-corrected chi connectivity index (χ0v) is 11.9. The molecule has 0 bridgehead atoms. The third-order valence-electron chi connectivity index (χ3n) is 2.91. The van der Waals surface area contributed by atoms with Crippen molar-refractivity contribution in [3.05, 3.63) is 47.4 Å². The molecule has 9 heteroatoms. The van der Waals surface area contributed by atoms with Gasteiger partial charge in [0.1, 0.15) is 17.7 Å². The van der Waals surface area contributed by atoms with E-state index in [1.165, 1.54) is 6.92 Å². The Morgan fingerprint density at radius 1 is 1.30 bits per heavy atom. The van der Waals surface area contributed by atoms with Crippen LogP contribution in [0.5, 0.6) is 0 Å². The van der Waals surface area contributed by atoms with Gasteiger partial charge in [-0.1, -0.05) is 0 Å². The van der Waals surface area contributed by atoms with Gasteiger partial charge in [0.15, 0.2) is 11.6 Å². The lowest BCUT2D eigenvalue weighted by atomic mass is 10.2. The summed E-state index contributed by atoms with van der Waals surface area (Å²) in [4.78, 5) is 14.9. The number of nitrogens with zero attached hydrogens (tertiary/aromatic N) is 2. The first-order valence-corrected chi connectivity index (χ1v) is 6.55. The molecule has 0 aliphatic carbocycles. The molecule has 0 aliphatic rings. The Morgan fingerprint density at radius 2 is 1.91 bits per heavy atom. The topological polar surface area (TPSA) is 67.2 Å². The Hall–Kier alpha value is -2.42. The first-order valence-electron chi connectivity index (χ1n) is 6.55. The second kappa shape index (κ2) is 6.78. The summed E-state index contributed by atoms with van der Waals surface area (Å²) in [5.74, 6) is -3.34. The van der Waals surface area contributed by atoms with Gasteiger partial charge in [-0.2, -0.15) is 0 Å². The van der Waals surface area contributed by atoms with E-state index in [4.69, 9.17) is 5.11 Å². The summed E-state index contributed by atoms with van der Waals surface area (Å²) in [7, 11) is 0. The minimum absolute atomic E-state index is 0.121. The molecule has 1 amide bonds. The number of carbonyl (C=O) groups is 1. The van der Waals surface area contributed by atoms with Crippen LogP contribution in [0.3, 0.4) is 0 Å². The van der Waals surface area contributed by atoms with Crippen LogP contribution in [-0.4, -0.2) is 26.7 Å². The summed E-state index contributed by atoms with van der Waals surface area (Å²) in [6.07, 6.45) is -3.19.